The molecule has 32 heavy (non-hydrogen) atoms. The summed E-state index contributed by atoms with van der Waals surface area (Å²) in [6.07, 6.45) is 10.2. The molecular formula is C26H41BN2O3. The third-order valence-electron chi connectivity index (χ3n) is 9.38. The lowest BCUT2D eigenvalue weighted by Crippen LogP contribution is -2.63. The topological polar surface area (TPSA) is 42.0 Å². The molecule has 3 fully saturated rings. The highest BCUT2D eigenvalue weighted by Crippen LogP contribution is 2.54. The second-order valence-electron chi connectivity index (χ2n) is 12.6. The molecule has 176 valence electrons. The quantitative estimate of drug-likeness (QED) is 0.588. The summed E-state index contributed by atoms with van der Waals surface area (Å²) in [4.78, 5) is 18.6. The van der Waals surface area contributed by atoms with Crippen LogP contribution in [0.15, 0.2) is 22.8 Å². The number of hydrogen-bond donors (Lipinski definition) is 0. The summed E-state index contributed by atoms with van der Waals surface area (Å²) in [5.74, 6) is 0.272. The van der Waals surface area contributed by atoms with Crippen LogP contribution in [0.1, 0.15) is 93.4 Å². The monoisotopic (exact) mass is 440 g/mol. The first-order valence-electron chi connectivity index (χ1n) is 12.7. The van der Waals surface area contributed by atoms with Crippen molar-refractivity contribution in [1.29, 1.82) is 0 Å². The minimum Gasteiger partial charge on any atom is -0.400 e. The number of piperidine rings is 1. The highest BCUT2D eigenvalue weighted by atomic mass is 16.7. The first kappa shape index (κ1) is 22.7. The van der Waals surface area contributed by atoms with E-state index in [1.54, 1.807) is 0 Å². The Balaban J connectivity index is 1.41. The Morgan fingerprint density at radius 1 is 0.906 bits per heavy atom. The van der Waals surface area contributed by atoms with E-state index >= 15 is 0 Å². The van der Waals surface area contributed by atoms with Crippen molar-refractivity contribution in [2.75, 3.05) is 13.1 Å². The molecule has 0 N–H and O–H groups in total. The van der Waals surface area contributed by atoms with Crippen LogP contribution in [0.4, 0.5) is 0 Å². The summed E-state index contributed by atoms with van der Waals surface area (Å²) in [5, 5.41) is 0. The second kappa shape index (κ2) is 7.20. The van der Waals surface area contributed by atoms with Crippen molar-refractivity contribution in [2.24, 2.45) is 5.41 Å². The highest BCUT2D eigenvalue weighted by Gasteiger charge is 2.58. The van der Waals surface area contributed by atoms with Crippen LogP contribution in [0.3, 0.4) is 0 Å². The zero-order valence-corrected chi connectivity index (χ0v) is 21.2. The summed E-state index contributed by atoms with van der Waals surface area (Å²) >= 11 is 0. The van der Waals surface area contributed by atoms with Gasteiger partial charge in [0.15, 0.2) is 0 Å². The average Bonchev–Trinajstić information content (AvgIpc) is 3.05. The lowest BCUT2D eigenvalue weighted by molar-refractivity contribution is -0.144. The van der Waals surface area contributed by atoms with Gasteiger partial charge in [-0.25, -0.2) is 0 Å². The molecule has 6 heteroatoms. The predicted molar refractivity (Wildman–Crippen MR) is 128 cm³/mol. The fraction of sp³-hybridized carbons (Fsp3) is 0.808. The van der Waals surface area contributed by atoms with E-state index in [4.69, 9.17) is 9.31 Å². The van der Waals surface area contributed by atoms with Gasteiger partial charge < -0.3 is 19.1 Å². The van der Waals surface area contributed by atoms with Crippen molar-refractivity contribution in [1.82, 2.24) is 9.80 Å². The number of hydrogen-bond acceptors (Lipinski definition) is 4. The molecule has 0 spiro atoms. The Kier molecular flexibility index (Phi) is 5.10. The lowest BCUT2D eigenvalue weighted by atomic mass is 9.69. The molecule has 3 heterocycles. The van der Waals surface area contributed by atoms with Crippen LogP contribution >= 0.6 is 0 Å². The van der Waals surface area contributed by atoms with E-state index in [9.17, 15) is 4.79 Å². The molecular weight excluding hydrogens is 399 g/mol. The van der Waals surface area contributed by atoms with E-state index in [1.165, 1.54) is 43.4 Å². The third kappa shape index (κ3) is 3.27. The molecule has 1 amide bonds. The van der Waals surface area contributed by atoms with E-state index < -0.39 is 5.41 Å². The fourth-order valence-electron chi connectivity index (χ4n) is 6.48. The minimum absolute atomic E-state index is 0.0948. The zero-order valence-electron chi connectivity index (χ0n) is 21.2. The maximum Gasteiger partial charge on any atom is 0.490 e. The number of nitrogens with zero attached hydrogens (tertiary/aromatic N) is 2. The van der Waals surface area contributed by atoms with Crippen LogP contribution in [0.5, 0.6) is 0 Å². The fourth-order valence-corrected chi connectivity index (χ4v) is 6.48. The summed E-state index contributed by atoms with van der Waals surface area (Å²) < 4.78 is 12.7. The average molecular weight is 440 g/mol. The molecule has 0 atom stereocenters. The van der Waals surface area contributed by atoms with Gasteiger partial charge in [-0.15, -0.1) is 0 Å². The molecule has 0 aromatic rings. The van der Waals surface area contributed by atoms with E-state index in [-0.39, 0.29) is 29.8 Å². The molecule has 0 aromatic carbocycles. The Morgan fingerprint density at radius 2 is 1.50 bits per heavy atom. The maximum atomic E-state index is 13.7. The second-order valence-corrected chi connectivity index (χ2v) is 12.6. The summed E-state index contributed by atoms with van der Waals surface area (Å²) in [7, 11) is -0.329. The highest BCUT2D eigenvalue weighted by molar-refractivity contribution is 6.54. The van der Waals surface area contributed by atoms with E-state index in [1.807, 2.05) is 0 Å². The van der Waals surface area contributed by atoms with Gasteiger partial charge >= 0.3 is 7.12 Å². The molecule has 0 bridgehead atoms. The van der Waals surface area contributed by atoms with Gasteiger partial charge in [0.05, 0.1) is 16.6 Å². The number of carbonyl (C=O) groups is 1. The summed E-state index contributed by atoms with van der Waals surface area (Å²) in [6.45, 7) is 17.4. The van der Waals surface area contributed by atoms with Gasteiger partial charge in [-0.3, -0.25) is 4.79 Å². The molecule has 5 rings (SSSR count). The lowest BCUT2D eigenvalue weighted by Gasteiger charge is -2.55. The van der Waals surface area contributed by atoms with Crippen LogP contribution in [-0.4, -0.2) is 58.7 Å². The van der Waals surface area contributed by atoms with Gasteiger partial charge in [0.2, 0.25) is 5.91 Å². The van der Waals surface area contributed by atoms with E-state index in [2.05, 4.69) is 64.3 Å². The standard InChI is InChI=1S/C26H41BN2O3/c1-23(2)20-12-11-18(27-31-24(3,4)25(5,6)32-27)15-21(20)29(22(23)30)26(7)16-19(17-26)28-13-9-8-10-14-28/h15,19H,8-14,16-17H2,1-7H3. The van der Waals surface area contributed by atoms with E-state index in [0.717, 1.165) is 31.4 Å². The van der Waals surface area contributed by atoms with Crippen molar-refractivity contribution in [3.8, 4) is 0 Å². The molecule has 5 nitrogen and oxygen atoms in total. The number of amides is 1. The van der Waals surface area contributed by atoms with Gasteiger partial charge in [-0.05, 0) is 117 Å². The SMILES string of the molecule is CC1(C)C(=O)N(C2(C)CC(N3CCCCC3)C2)C2=C1CCC(B1OC(C)(C)C(C)(C)O1)=C2. The van der Waals surface area contributed by atoms with Gasteiger partial charge in [-0.1, -0.05) is 6.42 Å². The number of likely N-dealkylation sites (tertiary alicyclic amines) is 1. The van der Waals surface area contributed by atoms with Crippen molar-refractivity contribution < 1.29 is 14.1 Å². The Hall–Kier alpha value is -1.11. The Labute approximate surface area is 194 Å². The van der Waals surface area contributed by atoms with Crippen molar-refractivity contribution in [3.63, 3.8) is 0 Å². The molecule has 1 saturated carbocycles. The van der Waals surface area contributed by atoms with Crippen molar-refractivity contribution in [3.05, 3.63) is 22.8 Å². The number of rotatable bonds is 3. The molecule has 2 aliphatic carbocycles. The maximum absolute atomic E-state index is 13.7. The first-order chi connectivity index (χ1) is 14.9. The number of allylic oxidation sites excluding steroid dienone is 2. The number of carbonyl (C=O) groups excluding carboxylic acids is 1. The largest absolute Gasteiger partial charge is 0.490 e. The Bertz CT molecular complexity index is 860. The summed E-state index contributed by atoms with van der Waals surface area (Å²) in [5.41, 5.74) is 2.39. The van der Waals surface area contributed by atoms with E-state index in [0.29, 0.717) is 6.04 Å². The smallest absolute Gasteiger partial charge is 0.400 e. The van der Waals surface area contributed by atoms with Gasteiger partial charge in [0.1, 0.15) is 0 Å². The zero-order chi connectivity index (χ0) is 23.1. The molecule has 0 unspecified atom stereocenters. The van der Waals surface area contributed by atoms with Crippen LogP contribution in [0, 0.1) is 5.41 Å². The molecule has 0 radical (unpaired) electrons. The van der Waals surface area contributed by atoms with Gasteiger partial charge in [-0.2, -0.15) is 0 Å². The van der Waals surface area contributed by atoms with Gasteiger partial charge in [0.25, 0.3) is 0 Å². The normalized spacial score (nSPS) is 36.3. The van der Waals surface area contributed by atoms with Crippen molar-refractivity contribution >= 4 is 13.0 Å². The molecule has 2 saturated heterocycles. The molecule has 0 aromatic heterocycles. The van der Waals surface area contributed by atoms with Crippen LogP contribution in [0.2, 0.25) is 0 Å². The van der Waals surface area contributed by atoms with Crippen LogP contribution in [-0.2, 0) is 14.1 Å². The van der Waals surface area contributed by atoms with Gasteiger partial charge in [0, 0.05) is 17.3 Å². The van der Waals surface area contributed by atoms with Crippen LogP contribution in [0.25, 0.3) is 0 Å². The predicted octanol–water partition coefficient (Wildman–Crippen LogP) is 4.87. The minimum atomic E-state index is -0.424. The summed E-state index contributed by atoms with van der Waals surface area (Å²) in [6, 6.07) is 0.621. The van der Waals surface area contributed by atoms with Crippen LogP contribution < -0.4 is 0 Å². The Morgan fingerprint density at radius 3 is 2.09 bits per heavy atom. The molecule has 5 aliphatic rings. The first-order valence-corrected chi connectivity index (χ1v) is 12.7. The molecule has 3 aliphatic heterocycles. The third-order valence-corrected chi connectivity index (χ3v) is 9.38. The van der Waals surface area contributed by atoms with Crippen molar-refractivity contribution in [2.45, 2.75) is 116 Å².